The topological polar surface area (TPSA) is 68.7 Å². The summed E-state index contributed by atoms with van der Waals surface area (Å²) in [4.78, 5) is 15.6. The smallest absolute Gasteiger partial charge is 0.336 e. The standard InChI is InChI=1S/C14H13NO4/c16-14(17)11-7-13(19-9-5-6-18-8-9)15-12-4-2-1-3-10(11)12/h1-4,7,9H,5-6,8H2,(H,16,17). The van der Waals surface area contributed by atoms with E-state index in [9.17, 15) is 9.90 Å². The zero-order valence-corrected chi connectivity index (χ0v) is 10.2. The number of aromatic nitrogens is 1. The Labute approximate surface area is 109 Å². The third-order valence-electron chi connectivity index (χ3n) is 3.10. The summed E-state index contributed by atoms with van der Waals surface area (Å²) < 4.78 is 10.9. The van der Waals surface area contributed by atoms with Crippen molar-refractivity contribution in [1.29, 1.82) is 0 Å². The van der Waals surface area contributed by atoms with Gasteiger partial charge < -0.3 is 14.6 Å². The molecule has 0 amide bonds. The normalized spacial score (nSPS) is 18.6. The van der Waals surface area contributed by atoms with Crippen molar-refractivity contribution < 1.29 is 19.4 Å². The second-order valence-electron chi connectivity index (χ2n) is 4.43. The fourth-order valence-corrected chi connectivity index (χ4v) is 2.17. The number of hydrogen-bond acceptors (Lipinski definition) is 4. The molecule has 1 atom stereocenters. The molecule has 2 heterocycles. The Morgan fingerprint density at radius 1 is 1.42 bits per heavy atom. The minimum Gasteiger partial charge on any atom is -0.478 e. The fourth-order valence-electron chi connectivity index (χ4n) is 2.17. The summed E-state index contributed by atoms with van der Waals surface area (Å²) in [6.45, 7) is 1.20. The van der Waals surface area contributed by atoms with Gasteiger partial charge in [-0.3, -0.25) is 0 Å². The molecule has 0 saturated carbocycles. The Balaban J connectivity index is 2.02. The van der Waals surface area contributed by atoms with E-state index in [1.165, 1.54) is 6.07 Å². The summed E-state index contributed by atoms with van der Waals surface area (Å²) >= 11 is 0. The molecule has 5 heteroatoms. The molecule has 1 saturated heterocycles. The summed E-state index contributed by atoms with van der Waals surface area (Å²) in [5.74, 6) is -0.641. The summed E-state index contributed by atoms with van der Waals surface area (Å²) in [5.41, 5.74) is 0.829. The largest absolute Gasteiger partial charge is 0.478 e. The predicted octanol–water partition coefficient (Wildman–Crippen LogP) is 2.10. The van der Waals surface area contributed by atoms with Crippen molar-refractivity contribution in [2.75, 3.05) is 13.2 Å². The maximum absolute atomic E-state index is 11.3. The molecule has 1 aliphatic heterocycles. The number of para-hydroxylation sites is 1. The molecule has 1 fully saturated rings. The van der Waals surface area contributed by atoms with Gasteiger partial charge in [-0.05, 0) is 6.07 Å². The van der Waals surface area contributed by atoms with E-state index in [1.54, 1.807) is 18.2 Å². The van der Waals surface area contributed by atoms with Crippen LogP contribution >= 0.6 is 0 Å². The molecule has 0 bridgehead atoms. The molecule has 19 heavy (non-hydrogen) atoms. The van der Waals surface area contributed by atoms with E-state index in [0.717, 1.165) is 6.42 Å². The van der Waals surface area contributed by atoms with Gasteiger partial charge in [0, 0.05) is 17.9 Å². The van der Waals surface area contributed by atoms with Gasteiger partial charge in [-0.1, -0.05) is 18.2 Å². The zero-order valence-electron chi connectivity index (χ0n) is 10.2. The van der Waals surface area contributed by atoms with Crippen molar-refractivity contribution in [2.24, 2.45) is 0 Å². The molecule has 1 unspecified atom stereocenters. The van der Waals surface area contributed by atoms with Gasteiger partial charge in [-0.2, -0.15) is 0 Å². The maximum Gasteiger partial charge on any atom is 0.336 e. The van der Waals surface area contributed by atoms with Crippen molar-refractivity contribution in [3.8, 4) is 5.88 Å². The molecule has 1 N–H and O–H groups in total. The van der Waals surface area contributed by atoms with Gasteiger partial charge in [0.15, 0.2) is 0 Å². The van der Waals surface area contributed by atoms with Gasteiger partial charge in [0.2, 0.25) is 5.88 Å². The minimum atomic E-state index is -0.980. The lowest BCUT2D eigenvalue weighted by Crippen LogP contribution is -2.17. The minimum absolute atomic E-state index is 0.0460. The number of rotatable bonds is 3. The fraction of sp³-hybridized carbons (Fsp3) is 0.286. The molecule has 0 aliphatic carbocycles. The summed E-state index contributed by atoms with van der Waals surface area (Å²) in [7, 11) is 0. The molecular weight excluding hydrogens is 246 g/mol. The number of fused-ring (bicyclic) bond motifs is 1. The van der Waals surface area contributed by atoms with Gasteiger partial charge in [-0.25, -0.2) is 9.78 Å². The van der Waals surface area contributed by atoms with Crippen LogP contribution in [0.1, 0.15) is 16.8 Å². The molecule has 1 aromatic carbocycles. The van der Waals surface area contributed by atoms with Crippen LogP contribution in [-0.2, 0) is 4.74 Å². The van der Waals surface area contributed by atoms with Crippen LogP contribution in [0.15, 0.2) is 30.3 Å². The Kier molecular flexibility index (Phi) is 3.05. The SMILES string of the molecule is O=C(O)c1cc(OC2CCOC2)nc2ccccc12. The highest BCUT2D eigenvalue weighted by Crippen LogP contribution is 2.23. The van der Waals surface area contributed by atoms with E-state index >= 15 is 0 Å². The molecular formula is C14H13NO4. The molecule has 1 aromatic heterocycles. The molecule has 0 spiro atoms. The van der Waals surface area contributed by atoms with E-state index in [4.69, 9.17) is 9.47 Å². The lowest BCUT2D eigenvalue weighted by molar-refractivity contribution is 0.0698. The second kappa shape index (κ2) is 4.85. The first-order valence-corrected chi connectivity index (χ1v) is 6.11. The number of carboxylic acid groups (broad SMARTS) is 1. The van der Waals surface area contributed by atoms with E-state index in [0.29, 0.717) is 30.0 Å². The van der Waals surface area contributed by atoms with Crippen LogP contribution in [0.5, 0.6) is 5.88 Å². The lowest BCUT2D eigenvalue weighted by atomic mass is 10.1. The maximum atomic E-state index is 11.3. The lowest BCUT2D eigenvalue weighted by Gasteiger charge is -2.12. The van der Waals surface area contributed by atoms with Crippen LogP contribution in [0.25, 0.3) is 10.9 Å². The van der Waals surface area contributed by atoms with E-state index in [1.807, 2.05) is 6.07 Å². The predicted molar refractivity (Wildman–Crippen MR) is 68.6 cm³/mol. The van der Waals surface area contributed by atoms with Gasteiger partial charge >= 0.3 is 5.97 Å². The average Bonchev–Trinajstić information content (AvgIpc) is 2.90. The number of benzene rings is 1. The monoisotopic (exact) mass is 259 g/mol. The van der Waals surface area contributed by atoms with E-state index in [-0.39, 0.29) is 11.7 Å². The first-order valence-electron chi connectivity index (χ1n) is 6.11. The number of carboxylic acids is 1. The molecule has 5 nitrogen and oxygen atoms in total. The van der Waals surface area contributed by atoms with Gasteiger partial charge in [0.25, 0.3) is 0 Å². The zero-order chi connectivity index (χ0) is 13.2. The number of carbonyl (C=O) groups is 1. The quantitative estimate of drug-likeness (QED) is 0.914. The van der Waals surface area contributed by atoms with Crippen molar-refractivity contribution in [3.63, 3.8) is 0 Å². The number of pyridine rings is 1. The Morgan fingerprint density at radius 2 is 2.26 bits per heavy atom. The molecule has 1 aliphatic rings. The summed E-state index contributed by atoms with van der Waals surface area (Å²) in [6.07, 6.45) is 0.756. The Morgan fingerprint density at radius 3 is 3.00 bits per heavy atom. The Bertz CT molecular complexity index is 620. The first kappa shape index (κ1) is 11.9. The molecule has 0 radical (unpaired) electrons. The van der Waals surface area contributed by atoms with Crippen LogP contribution in [-0.4, -0.2) is 35.4 Å². The van der Waals surface area contributed by atoms with E-state index < -0.39 is 5.97 Å². The average molecular weight is 259 g/mol. The highest BCUT2D eigenvalue weighted by atomic mass is 16.5. The van der Waals surface area contributed by atoms with Crippen LogP contribution in [0.2, 0.25) is 0 Å². The number of aromatic carboxylic acids is 1. The van der Waals surface area contributed by atoms with Gasteiger partial charge in [0.05, 0.1) is 24.3 Å². The van der Waals surface area contributed by atoms with Crippen molar-refractivity contribution >= 4 is 16.9 Å². The van der Waals surface area contributed by atoms with Gasteiger partial charge in [0.1, 0.15) is 6.10 Å². The van der Waals surface area contributed by atoms with Crippen molar-refractivity contribution in [3.05, 3.63) is 35.9 Å². The molecule has 98 valence electrons. The van der Waals surface area contributed by atoms with Crippen LogP contribution in [0.3, 0.4) is 0 Å². The third kappa shape index (κ3) is 2.37. The number of hydrogen-bond donors (Lipinski definition) is 1. The summed E-state index contributed by atoms with van der Waals surface area (Å²) in [6, 6.07) is 8.61. The highest BCUT2D eigenvalue weighted by molar-refractivity contribution is 6.02. The van der Waals surface area contributed by atoms with E-state index in [2.05, 4.69) is 4.98 Å². The highest BCUT2D eigenvalue weighted by Gasteiger charge is 2.19. The third-order valence-corrected chi connectivity index (χ3v) is 3.10. The van der Waals surface area contributed by atoms with Crippen molar-refractivity contribution in [1.82, 2.24) is 4.98 Å². The summed E-state index contributed by atoms with van der Waals surface area (Å²) in [5, 5.41) is 9.88. The number of ether oxygens (including phenoxy) is 2. The Hall–Kier alpha value is -2.14. The van der Waals surface area contributed by atoms with Crippen LogP contribution < -0.4 is 4.74 Å². The van der Waals surface area contributed by atoms with Gasteiger partial charge in [-0.15, -0.1) is 0 Å². The first-order chi connectivity index (χ1) is 9.24. The van der Waals surface area contributed by atoms with Crippen LogP contribution in [0, 0.1) is 0 Å². The van der Waals surface area contributed by atoms with Crippen molar-refractivity contribution in [2.45, 2.75) is 12.5 Å². The molecule has 2 aromatic rings. The number of nitrogens with zero attached hydrogens (tertiary/aromatic N) is 1. The van der Waals surface area contributed by atoms with Crippen LogP contribution in [0.4, 0.5) is 0 Å². The molecule has 3 rings (SSSR count). The second-order valence-corrected chi connectivity index (χ2v) is 4.43.